The second kappa shape index (κ2) is 7.75. The largest absolute Gasteiger partial charge is 0.416 e. The van der Waals surface area contributed by atoms with Crippen molar-refractivity contribution in [3.8, 4) is 11.1 Å². The van der Waals surface area contributed by atoms with E-state index in [1.807, 2.05) is 32.2 Å². The summed E-state index contributed by atoms with van der Waals surface area (Å²) in [5, 5.41) is 0. The molecule has 3 aromatic rings. The molecule has 0 N–H and O–H groups in total. The average molecular weight is 431 g/mol. The maximum absolute atomic E-state index is 13.8. The molecule has 1 aliphatic rings. The van der Waals surface area contributed by atoms with Crippen molar-refractivity contribution in [3.05, 3.63) is 94.6 Å². The molecule has 1 nitrogen and oxygen atoms in total. The van der Waals surface area contributed by atoms with Gasteiger partial charge in [-0.3, -0.25) is 0 Å². The summed E-state index contributed by atoms with van der Waals surface area (Å²) in [4.78, 5) is 2.14. The molecule has 4 rings (SSSR count). The van der Waals surface area contributed by atoms with Gasteiger partial charge in [0.2, 0.25) is 0 Å². The quantitative estimate of drug-likeness (QED) is 0.423. The molecule has 0 amide bonds. The van der Waals surface area contributed by atoms with Gasteiger partial charge in [0.25, 0.3) is 0 Å². The Morgan fingerprint density at radius 3 is 2.26 bits per heavy atom. The van der Waals surface area contributed by atoms with E-state index < -0.39 is 28.8 Å². The number of hydrogen-bond acceptors (Lipinski definition) is 1. The maximum atomic E-state index is 13.8. The molecule has 0 spiro atoms. The normalized spacial score (nSPS) is 19.3. The van der Waals surface area contributed by atoms with Crippen LogP contribution < -0.4 is 0 Å². The van der Waals surface area contributed by atoms with Crippen molar-refractivity contribution in [2.75, 3.05) is 13.6 Å². The molecule has 0 saturated heterocycles. The van der Waals surface area contributed by atoms with Gasteiger partial charge in [0.1, 0.15) is 11.6 Å². The van der Waals surface area contributed by atoms with Gasteiger partial charge in [0.15, 0.2) is 0 Å². The van der Waals surface area contributed by atoms with Gasteiger partial charge in [-0.25, -0.2) is 8.78 Å². The van der Waals surface area contributed by atoms with Gasteiger partial charge >= 0.3 is 6.18 Å². The number of alkyl halides is 3. The van der Waals surface area contributed by atoms with Crippen LogP contribution in [0.3, 0.4) is 0 Å². The lowest BCUT2D eigenvalue weighted by molar-refractivity contribution is -0.137. The van der Waals surface area contributed by atoms with Crippen molar-refractivity contribution in [2.24, 2.45) is 0 Å². The van der Waals surface area contributed by atoms with Gasteiger partial charge in [-0.1, -0.05) is 37.3 Å². The Hall–Kier alpha value is -2.73. The SMILES string of the molecule is CN1Cc2ccc(-c3cccc(C(F)(F)F)c3)cc2C(C)(Cc2cc(F)cc(F)c2)C1. The molecular formula is C25H22F5N. The van der Waals surface area contributed by atoms with E-state index in [1.54, 1.807) is 6.07 Å². The fourth-order valence-corrected chi connectivity index (χ4v) is 4.67. The zero-order chi connectivity index (χ0) is 22.4. The van der Waals surface area contributed by atoms with Crippen molar-refractivity contribution < 1.29 is 22.0 Å². The van der Waals surface area contributed by atoms with Crippen LogP contribution in [-0.4, -0.2) is 18.5 Å². The van der Waals surface area contributed by atoms with E-state index in [-0.39, 0.29) is 0 Å². The van der Waals surface area contributed by atoms with E-state index in [2.05, 4.69) is 4.90 Å². The molecule has 1 heterocycles. The highest BCUT2D eigenvalue weighted by molar-refractivity contribution is 5.67. The topological polar surface area (TPSA) is 3.24 Å². The molecule has 0 bridgehead atoms. The van der Waals surface area contributed by atoms with E-state index in [0.717, 1.165) is 29.3 Å². The average Bonchev–Trinajstić information content (AvgIpc) is 2.66. The first-order chi connectivity index (χ1) is 14.5. The lowest BCUT2D eigenvalue weighted by Crippen LogP contribution is -2.43. The second-order valence-electron chi connectivity index (χ2n) is 8.64. The van der Waals surface area contributed by atoms with Crippen LogP contribution in [-0.2, 0) is 24.6 Å². The number of nitrogens with zero attached hydrogens (tertiary/aromatic N) is 1. The van der Waals surface area contributed by atoms with Crippen molar-refractivity contribution in [2.45, 2.75) is 31.5 Å². The number of fused-ring (bicyclic) bond motifs is 1. The molecule has 1 aliphatic heterocycles. The maximum Gasteiger partial charge on any atom is 0.416 e. The Kier molecular flexibility index (Phi) is 5.38. The standard InChI is InChI=1S/C25H22F5N/c1-24(13-16-8-21(26)12-22(27)9-16)15-31(2)14-19-7-6-18(11-23(19)24)17-4-3-5-20(10-17)25(28,29)30/h3-12H,13-15H2,1-2H3. The van der Waals surface area contributed by atoms with E-state index in [4.69, 9.17) is 0 Å². The van der Waals surface area contributed by atoms with Crippen LogP contribution in [0.5, 0.6) is 0 Å². The minimum atomic E-state index is -4.41. The highest BCUT2D eigenvalue weighted by Crippen LogP contribution is 2.39. The Balaban J connectivity index is 1.77. The summed E-state index contributed by atoms with van der Waals surface area (Å²) in [7, 11) is 1.98. The third-order valence-electron chi connectivity index (χ3n) is 5.86. The first-order valence-corrected chi connectivity index (χ1v) is 9.98. The zero-order valence-corrected chi connectivity index (χ0v) is 17.2. The number of likely N-dealkylation sites (N-methyl/N-ethyl adjacent to an activating group) is 1. The third kappa shape index (κ3) is 4.49. The van der Waals surface area contributed by atoms with E-state index in [0.29, 0.717) is 36.2 Å². The lowest BCUT2D eigenvalue weighted by Gasteiger charge is -2.41. The molecule has 0 saturated carbocycles. The number of benzene rings is 3. The molecule has 162 valence electrons. The first-order valence-electron chi connectivity index (χ1n) is 9.98. The molecule has 0 aliphatic carbocycles. The van der Waals surface area contributed by atoms with E-state index >= 15 is 0 Å². The van der Waals surface area contributed by atoms with Crippen LogP contribution in [0, 0.1) is 11.6 Å². The van der Waals surface area contributed by atoms with Crippen molar-refractivity contribution in [1.29, 1.82) is 0 Å². The molecule has 3 aromatic carbocycles. The molecule has 1 atom stereocenters. The van der Waals surface area contributed by atoms with Crippen molar-refractivity contribution >= 4 is 0 Å². The second-order valence-corrected chi connectivity index (χ2v) is 8.64. The molecule has 0 aromatic heterocycles. The number of hydrogen-bond donors (Lipinski definition) is 0. The molecule has 0 radical (unpaired) electrons. The fraction of sp³-hybridized carbons (Fsp3) is 0.280. The van der Waals surface area contributed by atoms with Crippen molar-refractivity contribution in [3.63, 3.8) is 0 Å². The van der Waals surface area contributed by atoms with Crippen LogP contribution >= 0.6 is 0 Å². The van der Waals surface area contributed by atoms with Crippen LogP contribution in [0.25, 0.3) is 11.1 Å². The Morgan fingerprint density at radius 2 is 1.58 bits per heavy atom. The minimum absolute atomic E-state index is 0.408. The van der Waals surface area contributed by atoms with Crippen LogP contribution in [0.15, 0.2) is 60.7 Å². The Morgan fingerprint density at radius 1 is 0.903 bits per heavy atom. The summed E-state index contributed by atoms with van der Waals surface area (Å²) in [6, 6.07) is 14.5. The van der Waals surface area contributed by atoms with Crippen LogP contribution in [0.1, 0.15) is 29.2 Å². The highest BCUT2D eigenvalue weighted by atomic mass is 19.4. The summed E-state index contributed by atoms with van der Waals surface area (Å²) in [6.45, 7) is 3.38. The highest BCUT2D eigenvalue weighted by Gasteiger charge is 2.35. The van der Waals surface area contributed by atoms with E-state index in [1.165, 1.54) is 18.2 Å². The van der Waals surface area contributed by atoms with Gasteiger partial charge in [0, 0.05) is 24.6 Å². The van der Waals surface area contributed by atoms with Crippen molar-refractivity contribution in [1.82, 2.24) is 4.90 Å². The summed E-state index contributed by atoms with van der Waals surface area (Å²) in [5.41, 5.74) is 2.61. The molecule has 0 fully saturated rings. The van der Waals surface area contributed by atoms with Gasteiger partial charge in [0.05, 0.1) is 5.56 Å². The van der Waals surface area contributed by atoms with E-state index in [9.17, 15) is 22.0 Å². The van der Waals surface area contributed by atoms with Gasteiger partial charge in [-0.15, -0.1) is 0 Å². The summed E-state index contributed by atoms with van der Waals surface area (Å²) < 4.78 is 67.0. The van der Waals surface area contributed by atoms with Gasteiger partial charge < -0.3 is 4.90 Å². The fourth-order valence-electron chi connectivity index (χ4n) is 4.67. The molecule has 31 heavy (non-hydrogen) atoms. The number of halogens is 5. The predicted octanol–water partition coefficient (Wildman–Crippen LogP) is 6.60. The van der Waals surface area contributed by atoms with Crippen LogP contribution in [0.4, 0.5) is 22.0 Å². The van der Waals surface area contributed by atoms with Gasteiger partial charge in [-0.05, 0) is 65.6 Å². The number of rotatable bonds is 3. The lowest BCUT2D eigenvalue weighted by atomic mass is 9.72. The summed E-state index contributed by atoms with van der Waals surface area (Å²) in [6.07, 6.45) is -4.01. The Labute approximate surface area is 178 Å². The summed E-state index contributed by atoms with van der Waals surface area (Å²) >= 11 is 0. The predicted molar refractivity (Wildman–Crippen MR) is 111 cm³/mol. The molecule has 6 heteroatoms. The molecular weight excluding hydrogens is 409 g/mol. The monoisotopic (exact) mass is 431 g/mol. The zero-order valence-electron chi connectivity index (χ0n) is 17.2. The minimum Gasteiger partial charge on any atom is -0.301 e. The smallest absolute Gasteiger partial charge is 0.301 e. The molecule has 1 unspecified atom stereocenters. The third-order valence-corrected chi connectivity index (χ3v) is 5.86. The van der Waals surface area contributed by atoms with Gasteiger partial charge in [-0.2, -0.15) is 13.2 Å². The Bertz CT molecular complexity index is 1100. The van der Waals surface area contributed by atoms with Crippen LogP contribution in [0.2, 0.25) is 0 Å². The first kappa shape index (κ1) is 21.5. The summed E-state index contributed by atoms with van der Waals surface area (Å²) in [5.74, 6) is -1.25.